The van der Waals surface area contributed by atoms with Crippen LogP contribution < -0.4 is 5.32 Å². The van der Waals surface area contributed by atoms with E-state index in [0.29, 0.717) is 27.6 Å². The van der Waals surface area contributed by atoms with Crippen LogP contribution in [0.25, 0.3) is 0 Å². The fraction of sp³-hybridized carbons (Fsp3) is 0.500. The first-order valence-corrected chi connectivity index (χ1v) is 7.22. The van der Waals surface area contributed by atoms with Gasteiger partial charge in [0.15, 0.2) is 0 Å². The van der Waals surface area contributed by atoms with Gasteiger partial charge < -0.3 is 10.2 Å². The Hall–Kier alpha value is -0.930. The SMILES string of the molecule is CC1CC(C)CN(C(=O)Nc2ccc(Cl)c(Cl)c2)C1. The van der Waals surface area contributed by atoms with Crippen LogP contribution in [0.2, 0.25) is 10.0 Å². The van der Waals surface area contributed by atoms with Crippen LogP contribution in [0.5, 0.6) is 0 Å². The second kappa shape index (κ2) is 6.02. The zero-order valence-electron chi connectivity index (χ0n) is 11.1. The highest BCUT2D eigenvalue weighted by Gasteiger charge is 2.25. The summed E-state index contributed by atoms with van der Waals surface area (Å²) in [6.07, 6.45) is 1.18. The summed E-state index contributed by atoms with van der Waals surface area (Å²) in [6.45, 7) is 5.96. The summed E-state index contributed by atoms with van der Waals surface area (Å²) in [6, 6.07) is 5.03. The molecule has 104 valence electrons. The van der Waals surface area contributed by atoms with Crippen LogP contribution in [-0.4, -0.2) is 24.0 Å². The molecule has 0 aliphatic carbocycles. The summed E-state index contributed by atoms with van der Waals surface area (Å²) in [5.74, 6) is 1.09. The molecule has 1 aromatic rings. The number of rotatable bonds is 1. The molecule has 0 spiro atoms. The molecule has 0 radical (unpaired) electrons. The lowest BCUT2D eigenvalue weighted by molar-refractivity contribution is 0.156. The third-order valence-electron chi connectivity index (χ3n) is 3.33. The smallest absolute Gasteiger partial charge is 0.321 e. The van der Waals surface area contributed by atoms with Gasteiger partial charge in [0.1, 0.15) is 0 Å². The number of piperidine rings is 1. The van der Waals surface area contributed by atoms with Crippen molar-refractivity contribution in [1.82, 2.24) is 4.90 Å². The molecule has 1 aliphatic rings. The molecule has 1 aromatic carbocycles. The first-order chi connectivity index (χ1) is 8.95. The number of anilines is 1. The van der Waals surface area contributed by atoms with Gasteiger partial charge in [0.2, 0.25) is 0 Å². The van der Waals surface area contributed by atoms with Gasteiger partial charge in [-0.3, -0.25) is 0 Å². The van der Waals surface area contributed by atoms with Crippen molar-refractivity contribution in [2.75, 3.05) is 18.4 Å². The quantitative estimate of drug-likeness (QED) is 0.813. The van der Waals surface area contributed by atoms with Gasteiger partial charge in [-0.1, -0.05) is 37.0 Å². The molecule has 3 nitrogen and oxygen atoms in total. The van der Waals surface area contributed by atoms with Gasteiger partial charge in [0.05, 0.1) is 10.0 Å². The maximum Gasteiger partial charge on any atom is 0.321 e. The maximum atomic E-state index is 12.2. The number of halogens is 2. The predicted octanol–water partition coefficient (Wildman–Crippen LogP) is 4.50. The Morgan fingerprint density at radius 2 is 1.84 bits per heavy atom. The number of likely N-dealkylation sites (tertiary alicyclic amines) is 1. The lowest BCUT2D eigenvalue weighted by Gasteiger charge is -2.34. The van der Waals surface area contributed by atoms with Gasteiger partial charge >= 0.3 is 6.03 Å². The molecule has 0 saturated carbocycles. The van der Waals surface area contributed by atoms with E-state index in [1.54, 1.807) is 18.2 Å². The van der Waals surface area contributed by atoms with Crippen molar-refractivity contribution < 1.29 is 4.79 Å². The largest absolute Gasteiger partial charge is 0.324 e. The zero-order valence-corrected chi connectivity index (χ0v) is 12.6. The van der Waals surface area contributed by atoms with Crippen molar-refractivity contribution in [1.29, 1.82) is 0 Å². The van der Waals surface area contributed by atoms with E-state index < -0.39 is 0 Å². The highest BCUT2D eigenvalue weighted by atomic mass is 35.5. The molecule has 0 aromatic heterocycles. The topological polar surface area (TPSA) is 32.3 Å². The number of hydrogen-bond acceptors (Lipinski definition) is 1. The van der Waals surface area contributed by atoms with Crippen LogP contribution in [-0.2, 0) is 0 Å². The number of benzene rings is 1. The molecule has 1 aliphatic heterocycles. The average molecular weight is 301 g/mol. The van der Waals surface area contributed by atoms with Crippen molar-refractivity contribution in [2.24, 2.45) is 11.8 Å². The summed E-state index contributed by atoms with van der Waals surface area (Å²) in [5, 5.41) is 3.79. The molecule has 1 fully saturated rings. The van der Waals surface area contributed by atoms with Crippen LogP contribution in [0.15, 0.2) is 18.2 Å². The Bertz CT molecular complexity index is 469. The maximum absolute atomic E-state index is 12.2. The fourth-order valence-electron chi connectivity index (χ4n) is 2.61. The standard InChI is InChI=1S/C14H18Cl2N2O/c1-9-5-10(2)8-18(7-9)14(19)17-11-3-4-12(15)13(16)6-11/h3-4,6,9-10H,5,7-8H2,1-2H3,(H,17,19). The predicted molar refractivity (Wildman–Crippen MR) is 80.0 cm³/mol. The van der Waals surface area contributed by atoms with Crippen LogP contribution in [0.4, 0.5) is 10.5 Å². The Morgan fingerprint density at radius 1 is 1.21 bits per heavy atom. The van der Waals surface area contributed by atoms with Gasteiger partial charge in [0, 0.05) is 18.8 Å². The molecule has 0 bridgehead atoms. The monoisotopic (exact) mass is 300 g/mol. The van der Waals surface area contributed by atoms with Crippen LogP contribution in [0.1, 0.15) is 20.3 Å². The third-order valence-corrected chi connectivity index (χ3v) is 4.07. The number of nitrogens with zero attached hydrogens (tertiary/aromatic N) is 1. The second-order valence-corrected chi connectivity index (χ2v) is 6.22. The molecule has 2 amide bonds. The summed E-state index contributed by atoms with van der Waals surface area (Å²) < 4.78 is 0. The van der Waals surface area contributed by atoms with Gasteiger partial charge in [-0.25, -0.2) is 4.79 Å². The van der Waals surface area contributed by atoms with Gasteiger partial charge in [0.25, 0.3) is 0 Å². The highest BCUT2D eigenvalue weighted by molar-refractivity contribution is 6.42. The lowest BCUT2D eigenvalue weighted by atomic mass is 9.92. The molecular weight excluding hydrogens is 283 g/mol. The molecule has 2 rings (SSSR count). The van der Waals surface area contributed by atoms with Gasteiger partial charge in [-0.15, -0.1) is 0 Å². The Kier molecular flexibility index (Phi) is 4.58. The number of amides is 2. The van der Waals surface area contributed by atoms with E-state index >= 15 is 0 Å². The minimum Gasteiger partial charge on any atom is -0.324 e. The van der Waals surface area contributed by atoms with Crippen molar-refractivity contribution in [3.05, 3.63) is 28.2 Å². The fourth-order valence-corrected chi connectivity index (χ4v) is 2.90. The van der Waals surface area contributed by atoms with E-state index in [2.05, 4.69) is 19.2 Å². The molecule has 19 heavy (non-hydrogen) atoms. The molecule has 1 N–H and O–H groups in total. The first-order valence-electron chi connectivity index (χ1n) is 6.46. The van der Waals surface area contributed by atoms with E-state index in [0.717, 1.165) is 13.1 Å². The Balaban J connectivity index is 2.02. The molecule has 2 atom stereocenters. The van der Waals surface area contributed by atoms with Crippen molar-refractivity contribution in [3.8, 4) is 0 Å². The minimum absolute atomic E-state index is 0.0724. The molecule has 1 heterocycles. The third kappa shape index (κ3) is 3.77. The van der Waals surface area contributed by atoms with Crippen molar-refractivity contribution in [3.63, 3.8) is 0 Å². The average Bonchev–Trinajstić information content (AvgIpc) is 2.32. The zero-order chi connectivity index (χ0) is 14.0. The number of hydrogen-bond donors (Lipinski definition) is 1. The van der Waals surface area contributed by atoms with Crippen LogP contribution in [0.3, 0.4) is 0 Å². The highest BCUT2D eigenvalue weighted by Crippen LogP contribution is 2.26. The summed E-state index contributed by atoms with van der Waals surface area (Å²) in [4.78, 5) is 14.1. The normalized spacial score (nSPS) is 23.3. The van der Waals surface area contributed by atoms with E-state index in [1.807, 2.05) is 4.90 Å². The molecule has 5 heteroatoms. The minimum atomic E-state index is -0.0724. The number of carbonyl (C=O) groups is 1. The number of urea groups is 1. The molecular formula is C14H18Cl2N2O. The molecule has 1 saturated heterocycles. The van der Waals surface area contributed by atoms with Gasteiger partial charge in [-0.05, 0) is 36.5 Å². The molecule has 2 unspecified atom stereocenters. The first kappa shape index (κ1) is 14.5. The Labute approximate surface area is 123 Å². The summed E-state index contributed by atoms with van der Waals surface area (Å²) in [5.41, 5.74) is 0.672. The lowest BCUT2D eigenvalue weighted by Crippen LogP contribution is -2.44. The van der Waals surface area contributed by atoms with E-state index in [9.17, 15) is 4.79 Å². The van der Waals surface area contributed by atoms with E-state index in [4.69, 9.17) is 23.2 Å². The van der Waals surface area contributed by atoms with Crippen LogP contribution in [0, 0.1) is 11.8 Å². The van der Waals surface area contributed by atoms with Crippen molar-refractivity contribution >= 4 is 34.9 Å². The second-order valence-electron chi connectivity index (χ2n) is 5.41. The Morgan fingerprint density at radius 3 is 2.42 bits per heavy atom. The number of nitrogens with one attached hydrogen (secondary N) is 1. The van der Waals surface area contributed by atoms with Crippen LogP contribution >= 0.6 is 23.2 Å². The number of carbonyl (C=O) groups excluding carboxylic acids is 1. The summed E-state index contributed by atoms with van der Waals surface area (Å²) in [7, 11) is 0. The van der Waals surface area contributed by atoms with Crippen molar-refractivity contribution in [2.45, 2.75) is 20.3 Å². The van der Waals surface area contributed by atoms with Gasteiger partial charge in [-0.2, -0.15) is 0 Å². The van der Waals surface area contributed by atoms with E-state index in [-0.39, 0.29) is 6.03 Å². The van der Waals surface area contributed by atoms with E-state index in [1.165, 1.54) is 6.42 Å². The summed E-state index contributed by atoms with van der Waals surface area (Å²) >= 11 is 11.8.